The number of amides is 2. The smallest absolute Gasteiger partial charge is 0.225 e. The zero-order valence-corrected chi connectivity index (χ0v) is 14.8. The molecule has 0 unspecified atom stereocenters. The average molecular weight is 344 g/mol. The number of phenolic OH excluding ortho intramolecular Hbond substituents is 1. The first kappa shape index (κ1) is 17.8. The Hall–Kier alpha value is -2.04. The Morgan fingerprint density at radius 2 is 1.56 bits per heavy atom. The highest BCUT2D eigenvalue weighted by molar-refractivity contribution is 5.81. The van der Waals surface area contributed by atoms with Gasteiger partial charge in [-0.25, -0.2) is 0 Å². The standard InChI is InChI=1S/C20H28N2O3/c23-18-10-6-16(7-11-18)4-2-1-3-5-19(24)21-12-14-22(15-13-21)20(25)17-8-9-17/h6-7,10-11,17,23H,1-5,8-9,12-15H2. The van der Waals surface area contributed by atoms with Gasteiger partial charge in [-0.05, 0) is 49.8 Å². The highest BCUT2D eigenvalue weighted by atomic mass is 16.3. The molecular formula is C20H28N2O3. The number of hydrogen-bond donors (Lipinski definition) is 1. The van der Waals surface area contributed by atoms with E-state index in [1.807, 2.05) is 21.9 Å². The van der Waals surface area contributed by atoms with Gasteiger partial charge in [-0.15, -0.1) is 0 Å². The summed E-state index contributed by atoms with van der Waals surface area (Å²) < 4.78 is 0. The fourth-order valence-corrected chi connectivity index (χ4v) is 3.37. The summed E-state index contributed by atoms with van der Waals surface area (Å²) in [6, 6.07) is 7.32. The first-order valence-electron chi connectivity index (χ1n) is 9.48. The molecule has 1 aromatic rings. The number of carbonyl (C=O) groups excluding carboxylic acids is 2. The largest absolute Gasteiger partial charge is 0.508 e. The summed E-state index contributed by atoms with van der Waals surface area (Å²) in [5.74, 6) is 1.09. The van der Waals surface area contributed by atoms with Crippen molar-refractivity contribution in [1.29, 1.82) is 0 Å². The third-order valence-corrected chi connectivity index (χ3v) is 5.16. The van der Waals surface area contributed by atoms with E-state index in [9.17, 15) is 14.7 Å². The molecule has 2 fully saturated rings. The molecule has 2 aliphatic rings. The van der Waals surface area contributed by atoms with Gasteiger partial charge in [0, 0.05) is 38.5 Å². The van der Waals surface area contributed by atoms with Gasteiger partial charge in [-0.2, -0.15) is 0 Å². The van der Waals surface area contributed by atoms with Crippen molar-refractivity contribution in [3.63, 3.8) is 0 Å². The van der Waals surface area contributed by atoms with Crippen molar-refractivity contribution in [3.8, 4) is 5.75 Å². The van der Waals surface area contributed by atoms with Crippen LogP contribution in [0.15, 0.2) is 24.3 Å². The Morgan fingerprint density at radius 1 is 0.920 bits per heavy atom. The maximum absolute atomic E-state index is 12.3. The minimum atomic E-state index is 0.225. The monoisotopic (exact) mass is 344 g/mol. The normalized spacial score (nSPS) is 17.6. The van der Waals surface area contributed by atoms with E-state index in [0.717, 1.165) is 38.5 Å². The van der Waals surface area contributed by atoms with Gasteiger partial charge >= 0.3 is 0 Å². The first-order valence-corrected chi connectivity index (χ1v) is 9.48. The molecule has 0 aromatic heterocycles. The van der Waals surface area contributed by atoms with Crippen molar-refractivity contribution in [2.45, 2.75) is 44.9 Å². The van der Waals surface area contributed by atoms with E-state index in [4.69, 9.17) is 0 Å². The number of hydrogen-bond acceptors (Lipinski definition) is 3. The Bertz CT molecular complexity index is 587. The molecule has 0 bridgehead atoms. The van der Waals surface area contributed by atoms with Crippen LogP contribution in [-0.4, -0.2) is 52.9 Å². The molecule has 1 aliphatic heterocycles. The molecule has 5 nitrogen and oxygen atoms in total. The number of aryl methyl sites for hydroxylation is 1. The molecule has 1 aromatic carbocycles. The second kappa shape index (κ2) is 8.37. The molecule has 0 spiro atoms. The second-order valence-electron chi connectivity index (χ2n) is 7.21. The van der Waals surface area contributed by atoms with Gasteiger partial charge in [-0.3, -0.25) is 9.59 Å². The number of unbranched alkanes of at least 4 members (excludes halogenated alkanes) is 2. The van der Waals surface area contributed by atoms with Crippen molar-refractivity contribution < 1.29 is 14.7 Å². The predicted octanol–water partition coefficient (Wildman–Crippen LogP) is 2.58. The molecular weight excluding hydrogens is 316 g/mol. The van der Waals surface area contributed by atoms with Crippen LogP contribution in [-0.2, 0) is 16.0 Å². The Morgan fingerprint density at radius 3 is 2.20 bits per heavy atom. The van der Waals surface area contributed by atoms with E-state index in [1.165, 1.54) is 5.56 Å². The molecule has 1 heterocycles. The number of nitrogens with zero attached hydrogens (tertiary/aromatic N) is 2. The molecule has 0 atom stereocenters. The summed E-state index contributed by atoms with van der Waals surface area (Å²) in [4.78, 5) is 28.2. The lowest BCUT2D eigenvalue weighted by Gasteiger charge is -2.35. The fourth-order valence-electron chi connectivity index (χ4n) is 3.37. The summed E-state index contributed by atoms with van der Waals surface area (Å²) in [5.41, 5.74) is 1.22. The molecule has 0 radical (unpaired) electrons. The highest BCUT2D eigenvalue weighted by Gasteiger charge is 2.35. The Kier molecular flexibility index (Phi) is 5.95. The van der Waals surface area contributed by atoms with E-state index in [1.54, 1.807) is 12.1 Å². The van der Waals surface area contributed by atoms with E-state index in [2.05, 4.69) is 0 Å². The van der Waals surface area contributed by atoms with Gasteiger partial charge in [0.05, 0.1) is 0 Å². The Labute approximate surface area is 149 Å². The topological polar surface area (TPSA) is 60.9 Å². The summed E-state index contributed by atoms with van der Waals surface area (Å²) in [7, 11) is 0. The lowest BCUT2D eigenvalue weighted by atomic mass is 10.1. The number of rotatable bonds is 7. The minimum Gasteiger partial charge on any atom is -0.508 e. The summed E-state index contributed by atoms with van der Waals surface area (Å²) in [5, 5.41) is 9.26. The maximum Gasteiger partial charge on any atom is 0.225 e. The zero-order valence-electron chi connectivity index (χ0n) is 14.8. The van der Waals surface area contributed by atoms with Crippen molar-refractivity contribution in [2.75, 3.05) is 26.2 Å². The minimum absolute atomic E-state index is 0.225. The lowest BCUT2D eigenvalue weighted by Crippen LogP contribution is -2.51. The molecule has 1 aliphatic carbocycles. The fraction of sp³-hybridized carbons (Fsp3) is 0.600. The summed E-state index contributed by atoms with van der Waals surface area (Å²) in [6.45, 7) is 2.76. The number of benzene rings is 1. The maximum atomic E-state index is 12.3. The van der Waals surface area contributed by atoms with Crippen LogP contribution in [0.4, 0.5) is 0 Å². The first-order chi connectivity index (χ1) is 12.1. The second-order valence-corrected chi connectivity index (χ2v) is 7.21. The van der Waals surface area contributed by atoms with E-state index < -0.39 is 0 Å². The van der Waals surface area contributed by atoms with Crippen molar-refractivity contribution in [1.82, 2.24) is 9.80 Å². The molecule has 1 saturated carbocycles. The third kappa shape index (κ3) is 5.21. The molecule has 1 N–H and O–H groups in total. The van der Waals surface area contributed by atoms with Gasteiger partial charge in [0.2, 0.25) is 11.8 Å². The van der Waals surface area contributed by atoms with Crippen LogP contribution < -0.4 is 0 Å². The van der Waals surface area contributed by atoms with Crippen LogP contribution in [0.5, 0.6) is 5.75 Å². The van der Waals surface area contributed by atoms with Crippen molar-refractivity contribution in [3.05, 3.63) is 29.8 Å². The average Bonchev–Trinajstić information content (AvgIpc) is 3.47. The zero-order chi connectivity index (χ0) is 17.6. The quantitative estimate of drug-likeness (QED) is 0.774. The number of phenols is 1. The number of aromatic hydroxyl groups is 1. The SMILES string of the molecule is O=C(CCCCCc1ccc(O)cc1)N1CCN(C(=O)C2CC2)CC1. The molecule has 136 valence electrons. The molecule has 1 saturated heterocycles. The van der Waals surface area contributed by atoms with Crippen LogP contribution in [0, 0.1) is 5.92 Å². The lowest BCUT2D eigenvalue weighted by molar-refractivity contribution is -0.140. The van der Waals surface area contributed by atoms with Crippen molar-refractivity contribution in [2.24, 2.45) is 5.92 Å². The highest BCUT2D eigenvalue weighted by Crippen LogP contribution is 2.31. The summed E-state index contributed by atoms with van der Waals surface area (Å²) in [6.07, 6.45) is 6.68. The van der Waals surface area contributed by atoms with Crippen LogP contribution in [0.2, 0.25) is 0 Å². The Balaban J connectivity index is 1.28. The molecule has 2 amide bonds. The van der Waals surface area contributed by atoms with Crippen LogP contribution in [0.3, 0.4) is 0 Å². The van der Waals surface area contributed by atoms with Crippen LogP contribution in [0.1, 0.15) is 44.1 Å². The number of carbonyl (C=O) groups is 2. The van der Waals surface area contributed by atoms with Gasteiger partial charge in [0.25, 0.3) is 0 Å². The van der Waals surface area contributed by atoms with E-state index in [0.29, 0.717) is 44.3 Å². The van der Waals surface area contributed by atoms with Gasteiger partial charge in [0.1, 0.15) is 5.75 Å². The number of piperazine rings is 1. The predicted molar refractivity (Wildman–Crippen MR) is 96.2 cm³/mol. The third-order valence-electron chi connectivity index (χ3n) is 5.16. The molecule has 5 heteroatoms. The summed E-state index contributed by atoms with van der Waals surface area (Å²) >= 11 is 0. The van der Waals surface area contributed by atoms with Gasteiger partial charge < -0.3 is 14.9 Å². The van der Waals surface area contributed by atoms with E-state index >= 15 is 0 Å². The molecule has 25 heavy (non-hydrogen) atoms. The van der Waals surface area contributed by atoms with Gasteiger partial charge in [-0.1, -0.05) is 18.6 Å². The van der Waals surface area contributed by atoms with Crippen molar-refractivity contribution >= 4 is 11.8 Å². The van der Waals surface area contributed by atoms with E-state index in [-0.39, 0.29) is 11.8 Å². The van der Waals surface area contributed by atoms with Crippen LogP contribution >= 0.6 is 0 Å². The van der Waals surface area contributed by atoms with Crippen LogP contribution in [0.25, 0.3) is 0 Å². The molecule has 3 rings (SSSR count). The van der Waals surface area contributed by atoms with Gasteiger partial charge in [0.15, 0.2) is 0 Å².